The first-order chi connectivity index (χ1) is 9.74. The van der Waals surface area contributed by atoms with Gasteiger partial charge in [-0.2, -0.15) is 0 Å². The summed E-state index contributed by atoms with van der Waals surface area (Å²) in [5, 5.41) is 4.36. The van der Waals surface area contributed by atoms with Crippen molar-refractivity contribution in [1.29, 1.82) is 0 Å². The third-order valence-corrected chi connectivity index (χ3v) is 3.35. The van der Waals surface area contributed by atoms with Gasteiger partial charge < -0.3 is 19.9 Å². The monoisotopic (exact) mass is 457 g/mol. The van der Waals surface area contributed by atoms with E-state index in [2.05, 4.69) is 26.3 Å². The largest absolute Gasteiger partial charge is 0.659 e. The average molecular weight is 457 g/mol. The predicted molar refractivity (Wildman–Crippen MR) is 76.9 cm³/mol. The summed E-state index contributed by atoms with van der Waals surface area (Å²) in [6, 6.07) is 6.07. The summed E-state index contributed by atoms with van der Waals surface area (Å²) in [5.74, 6) is 0.368. The van der Waals surface area contributed by atoms with Crippen LogP contribution >= 0.6 is 0 Å². The van der Waals surface area contributed by atoms with Crippen LogP contribution in [-0.2, 0) is 37.2 Å². The van der Waals surface area contributed by atoms with Crippen LogP contribution in [0.1, 0.15) is 12.7 Å². The van der Waals surface area contributed by atoms with Crippen LogP contribution in [0.4, 0.5) is 5.69 Å². The SMILES string of the molecule is CC(=O)OCc1nc2c(N3CC[N-]CC3)cccc2[nH]1.[W]. The van der Waals surface area contributed by atoms with Gasteiger partial charge in [0.05, 0.1) is 11.2 Å². The molecule has 1 fully saturated rings. The van der Waals surface area contributed by atoms with Gasteiger partial charge in [-0.1, -0.05) is 6.07 Å². The number of nitrogens with zero attached hydrogens (tertiary/aromatic N) is 3. The summed E-state index contributed by atoms with van der Waals surface area (Å²) in [6.45, 7) is 5.14. The molecule has 0 saturated carbocycles. The number of para-hydroxylation sites is 1. The van der Waals surface area contributed by atoms with Gasteiger partial charge in [0.2, 0.25) is 0 Å². The van der Waals surface area contributed by atoms with E-state index in [0.29, 0.717) is 5.82 Å². The van der Waals surface area contributed by atoms with Gasteiger partial charge >= 0.3 is 5.97 Å². The molecule has 1 aliphatic heterocycles. The van der Waals surface area contributed by atoms with Gasteiger partial charge in [-0.15, -0.1) is 13.1 Å². The first-order valence-corrected chi connectivity index (χ1v) is 6.73. The first kappa shape index (κ1) is 16.0. The summed E-state index contributed by atoms with van der Waals surface area (Å²) in [6.07, 6.45) is 0. The Labute approximate surface area is 137 Å². The molecule has 1 N–H and O–H groups in total. The Morgan fingerprint density at radius 2 is 2.19 bits per heavy atom. The fourth-order valence-corrected chi connectivity index (χ4v) is 2.41. The van der Waals surface area contributed by atoms with Crippen LogP contribution in [0.25, 0.3) is 16.4 Å². The Morgan fingerprint density at radius 3 is 2.90 bits per heavy atom. The number of piperazine rings is 1. The number of benzene rings is 1. The number of hydrogen-bond acceptors (Lipinski definition) is 4. The number of carbonyl (C=O) groups is 1. The second-order valence-corrected chi connectivity index (χ2v) is 4.79. The van der Waals surface area contributed by atoms with Crippen molar-refractivity contribution in [3.8, 4) is 0 Å². The van der Waals surface area contributed by atoms with Crippen LogP contribution in [0.3, 0.4) is 0 Å². The van der Waals surface area contributed by atoms with E-state index in [1.807, 2.05) is 12.1 Å². The smallest absolute Gasteiger partial charge is 0.303 e. The van der Waals surface area contributed by atoms with Crippen LogP contribution in [-0.4, -0.2) is 42.1 Å². The van der Waals surface area contributed by atoms with Crippen LogP contribution < -0.4 is 4.90 Å². The topological polar surface area (TPSA) is 72.3 Å². The van der Waals surface area contributed by atoms with Gasteiger partial charge in [-0.3, -0.25) is 4.79 Å². The molecule has 0 aliphatic carbocycles. The molecular formula is C14H17N4O2W-. The zero-order chi connectivity index (χ0) is 13.9. The third-order valence-electron chi connectivity index (χ3n) is 3.35. The Balaban J connectivity index is 0.00000161. The van der Waals surface area contributed by atoms with E-state index < -0.39 is 0 Å². The molecule has 0 radical (unpaired) electrons. The molecule has 0 unspecified atom stereocenters. The number of ether oxygens (including phenoxy) is 1. The molecule has 2 aromatic rings. The van der Waals surface area contributed by atoms with Gasteiger partial charge in [0.1, 0.15) is 17.9 Å². The standard InChI is InChI=1S/C14H17N4O2.W/c1-10(19)20-9-13-16-11-3-2-4-12(14(11)17-13)18-7-5-15-6-8-18;/h2-4H,5-9H2,1H3,(H,16,17);/q-1;. The molecule has 1 aliphatic rings. The van der Waals surface area contributed by atoms with E-state index in [-0.39, 0.29) is 33.6 Å². The molecule has 112 valence electrons. The van der Waals surface area contributed by atoms with E-state index in [0.717, 1.165) is 42.9 Å². The van der Waals surface area contributed by atoms with E-state index in [4.69, 9.17) is 4.74 Å². The van der Waals surface area contributed by atoms with Gasteiger partial charge in [0.15, 0.2) is 0 Å². The van der Waals surface area contributed by atoms with E-state index in [1.54, 1.807) is 0 Å². The molecule has 0 bridgehead atoms. The maximum Gasteiger partial charge on any atom is 0.303 e. The predicted octanol–water partition coefficient (Wildman–Crippen LogP) is 1.82. The van der Waals surface area contributed by atoms with Crippen molar-refractivity contribution in [3.63, 3.8) is 0 Å². The third kappa shape index (κ3) is 3.63. The summed E-state index contributed by atoms with van der Waals surface area (Å²) >= 11 is 0. The van der Waals surface area contributed by atoms with E-state index >= 15 is 0 Å². The van der Waals surface area contributed by atoms with E-state index in [1.165, 1.54) is 6.92 Å². The van der Waals surface area contributed by atoms with Gasteiger partial charge in [0.25, 0.3) is 0 Å². The maximum absolute atomic E-state index is 10.9. The zero-order valence-electron chi connectivity index (χ0n) is 11.8. The van der Waals surface area contributed by atoms with Gasteiger partial charge in [-0.25, -0.2) is 4.98 Å². The maximum atomic E-state index is 10.9. The number of H-pyrrole nitrogens is 1. The Kier molecular flexibility index (Phi) is 5.37. The van der Waals surface area contributed by atoms with Crippen LogP contribution in [0.2, 0.25) is 0 Å². The van der Waals surface area contributed by atoms with Gasteiger partial charge in [0, 0.05) is 28.0 Å². The Hall–Kier alpha value is -1.39. The van der Waals surface area contributed by atoms with Crippen molar-refractivity contribution in [2.24, 2.45) is 0 Å². The second kappa shape index (κ2) is 7.05. The number of nitrogens with one attached hydrogen (secondary N) is 1. The Morgan fingerprint density at radius 1 is 1.43 bits per heavy atom. The molecule has 6 nitrogen and oxygen atoms in total. The molecule has 2 heterocycles. The minimum Gasteiger partial charge on any atom is -0.659 e. The van der Waals surface area contributed by atoms with Crippen molar-refractivity contribution < 1.29 is 30.6 Å². The number of fused-ring (bicyclic) bond motifs is 1. The number of hydrogen-bond donors (Lipinski definition) is 1. The molecule has 3 rings (SSSR count). The fraction of sp³-hybridized carbons (Fsp3) is 0.429. The molecule has 0 atom stereocenters. The number of imidazole rings is 1. The van der Waals surface area contributed by atoms with Crippen LogP contribution in [0, 0.1) is 0 Å². The Bertz CT molecular complexity index is 622. The number of carbonyl (C=O) groups excluding carboxylic acids is 1. The summed E-state index contributed by atoms with van der Waals surface area (Å²) in [4.78, 5) is 20.9. The molecule has 1 saturated heterocycles. The number of aromatic nitrogens is 2. The zero-order valence-corrected chi connectivity index (χ0v) is 14.8. The first-order valence-electron chi connectivity index (χ1n) is 6.73. The van der Waals surface area contributed by atoms with E-state index in [9.17, 15) is 4.79 Å². The van der Waals surface area contributed by atoms with Crippen molar-refractivity contribution in [3.05, 3.63) is 29.3 Å². The van der Waals surface area contributed by atoms with Gasteiger partial charge in [-0.05, 0) is 25.2 Å². The number of esters is 1. The van der Waals surface area contributed by atoms with Crippen LogP contribution in [0.15, 0.2) is 18.2 Å². The number of anilines is 1. The summed E-state index contributed by atoms with van der Waals surface area (Å²) in [5.41, 5.74) is 3.01. The quantitative estimate of drug-likeness (QED) is 0.715. The molecule has 1 aromatic carbocycles. The molecular weight excluding hydrogens is 440 g/mol. The fourth-order valence-electron chi connectivity index (χ4n) is 2.41. The van der Waals surface area contributed by atoms with Crippen molar-refractivity contribution in [1.82, 2.24) is 9.97 Å². The molecule has 1 aromatic heterocycles. The number of aromatic amines is 1. The minimum atomic E-state index is -0.302. The molecule has 0 amide bonds. The minimum absolute atomic E-state index is 0. The van der Waals surface area contributed by atoms with Crippen LogP contribution in [0.5, 0.6) is 0 Å². The summed E-state index contributed by atoms with van der Waals surface area (Å²) in [7, 11) is 0. The molecule has 0 spiro atoms. The van der Waals surface area contributed by atoms with Crippen molar-refractivity contribution in [2.75, 3.05) is 31.1 Å². The second-order valence-electron chi connectivity index (χ2n) is 4.79. The molecule has 21 heavy (non-hydrogen) atoms. The van der Waals surface area contributed by atoms with Crippen molar-refractivity contribution >= 4 is 22.7 Å². The average Bonchev–Trinajstić information content (AvgIpc) is 2.89. The normalized spacial score (nSPS) is 14.8. The summed E-state index contributed by atoms with van der Waals surface area (Å²) < 4.78 is 4.98. The van der Waals surface area contributed by atoms with Crippen molar-refractivity contribution in [2.45, 2.75) is 13.5 Å². The molecule has 7 heteroatoms. The number of rotatable bonds is 3.